The summed E-state index contributed by atoms with van der Waals surface area (Å²) in [4.78, 5) is 35.4. The molecule has 0 atom stereocenters. The van der Waals surface area contributed by atoms with Crippen molar-refractivity contribution in [2.75, 3.05) is 6.54 Å². The number of ketones is 1. The predicted molar refractivity (Wildman–Crippen MR) is 107 cm³/mol. The van der Waals surface area contributed by atoms with Crippen molar-refractivity contribution in [1.82, 2.24) is 9.88 Å². The van der Waals surface area contributed by atoms with Crippen LogP contribution < -0.4 is 5.32 Å². The zero-order valence-electron chi connectivity index (χ0n) is 16.0. The van der Waals surface area contributed by atoms with Gasteiger partial charge < -0.3 is 9.88 Å². The third kappa shape index (κ3) is 2.71. The molecule has 2 aliphatic rings. The van der Waals surface area contributed by atoms with Crippen molar-refractivity contribution in [3.8, 4) is 0 Å². The predicted octanol–water partition coefficient (Wildman–Crippen LogP) is 3.74. The number of fused-ring (bicyclic) bond motifs is 4. The van der Waals surface area contributed by atoms with Crippen molar-refractivity contribution >= 4 is 28.3 Å². The van der Waals surface area contributed by atoms with Crippen LogP contribution in [0.15, 0.2) is 42.5 Å². The summed E-state index contributed by atoms with van der Waals surface area (Å²) in [5, 5.41) is 14.8. The van der Waals surface area contributed by atoms with Gasteiger partial charge in [-0.2, -0.15) is 4.39 Å². The molecule has 2 aromatic carbocycles. The highest BCUT2D eigenvalue weighted by molar-refractivity contribution is 6.04. The Kier molecular flexibility index (Phi) is 3.99. The number of aromatic nitrogens is 1. The number of nitro benzene ring substituents is 1. The third-order valence-corrected chi connectivity index (χ3v) is 6.27. The van der Waals surface area contributed by atoms with Crippen molar-refractivity contribution < 1.29 is 18.9 Å². The first-order valence-corrected chi connectivity index (χ1v) is 9.78. The van der Waals surface area contributed by atoms with E-state index in [-0.39, 0.29) is 23.7 Å². The molecule has 1 saturated carbocycles. The van der Waals surface area contributed by atoms with Crippen LogP contribution in [0.3, 0.4) is 0 Å². The van der Waals surface area contributed by atoms with Crippen LogP contribution >= 0.6 is 0 Å². The summed E-state index contributed by atoms with van der Waals surface area (Å²) in [6.07, 6.45) is 2.96. The maximum absolute atomic E-state index is 13.6. The molecule has 5 rings (SSSR count). The van der Waals surface area contributed by atoms with Crippen LogP contribution in [0.4, 0.5) is 10.1 Å². The number of carbonyl (C=O) groups excluding carboxylic acids is 2. The monoisotopic (exact) mass is 407 g/mol. The number of nitrogens with zero attached hydrogens (tertiary/aromatic N) is 2. The second-order valence-electron chi connectivity index (χ2n) is 8.04. The fourth-order valence-corrected chi connectivity index (χ4v) is 4.55. The Balaban J connectivity index is 1.52. The zero-order chi connectivity index (χ0) is 21.0. The van der Waals surface area contributed by atoms with E-state index in [2.05, 4.69) is 9.88 Å². The van der Waals surface area contributed by atoms with Gasteiger partial charge in [-0.25, -0.2) is 0 Å². The van der Waals surface area contributed by atoms with Gasteiger partial charge in [0.05, 0.1) is 10.5 Å². The summed E-state index contributed by atoms with van der Waals surface area (Å²) in [5.41, 5.74) is 1.50. The first-order chi connectivity index (χ1) is 14.4. The van der Waals surface area contributed by atoms with Crippen molar-refractivity contribution in [1.29, 1.82) is 0 Å². The maximum atomic E-state index is 13.6. The van der Waals surface area contributed by atoms with Gasteiger partial charge in [0.25, 0.3) is 5.91 Å². The Morgan fingerprint density at radius 3 is 2.70 bits per heavy atom. The molecular weight excluding hydrogens is 389 g/mol. The molecule has 1 amide bonds. The Bertz CT molecular complexity index is 1240. The van der Waals surface area contributed by atoms with Crippen molar-refractivity contribution in [3.63, 3.8) is 0 Å². The number of hydrogen-bond donors (Lipinski definition) is 1. The molecule has 2 heterocycles. The van der Waals surface area contributed by atoms with Crippen LogP contribution in [0.5, 0.6) is 0 Å². The van der Waals surface area contributed by atoms with Gasteiger partial charge in [0.2, 0.25) is 5.82 Å². The van der Waals surface area contributed by atoms with Crippen LogP contribution in [0.2, 0.25) is 0 Å². The molecule has 0 bridgehead atoms. The normalized spacial score (nSPS) is 16.8. The molecule has 8 heteroatoms. The molecule has 1 aliphatic heterocycles. The van der Waals surface area contributed by atoms with Crippen molar-refractivity contribution in [3.05, 3.63) is 75.2 Å². The van der Waals surface area contributed by atoms with E-state index in [4.69, 9.17) is 0 Å². The van der Waals surface area contributed by atoms with Crippen LogP contribution in [-0.4, -0.2) is 27.7 Å². The summed E-state index contributed by atoms with van der Waals surface area (Å²) in [7, 11) is 0. The number of halogens is 1. The van der Waals surface area contributed by atoms with E-state index < -0.39 is 16.4 Å². The van der Waals surface area contributed by atoms with Gasteiger partial charge >= 0.3 is 5.69 Å². The number of hydrogen-bond acceptors (Lipinski definition) is 4. The lowest BCUT2D eigenvalue weighted by Gasteiger charge is -2.47. The average molecular weight is 407 g/mol. The van der Waals surface area contributed by atoms with E-state index in [1.165, 1.54) is 6.07 Å². The highest BCUT2D eigenvalue weighted by atomic mass is 19.1. The maximum Gasteiger partial charge on any atom is 0.305 e. The van der Waals surface area contributed by atoms with Crippen LogP contribution in [-0.2, 0) is 12.0 Å². The molecule has 1 aromatic heterocycles. The van der Waals surface area contributed by atoms with Crippen LogP contribution in [0, 0.1) is 15.9 Å². The quantitative estimate of drug-likeness (QED) is 0.405. The number of amides is 1. The summed E-state index contributed by atoms with van der Waals surface area (Å²) in [6, 6.07) is 10.6. The Hall–Kier alpha value is -3.55. The molecule has 3 aromatic rings. The number of nitrogens with one attached hydrogen (secondary N) is 1. The summed E-state index contributed by atoms with van der Waals surface area (Å²) in [6.45, 7) is 0.583. The molecule has 0 unspecified atom stereocenters. The fraction of sp³-hybridized carbons (Fsp3) is 0.273. The number of benzene rings is 2. The standard InChI is InChI=1S/C22H18FN3O4/c23-16-5-2-13(8-18(16)26(29)30)9-20(27)15-4-3-14-10-19-21(28)24-12-22(6-1-7-22)25(19)17(14)11-15/h2-5,8,10-11H,1,6-7,9,12H2,(H,24,28). The van der Waals surface area contributed by atoms with Gasteiger partial charge in [-0.3, -0.25) is 19.7 Å². The minimum Gasteiger partial charge on any atom is -0.348 e. The van der Waals surface area contributed by atoms with Gasteiger partial charge in [0.15, 0.2) is 5.78 Å². The SMILES string of the molecule is O=C(Cc1ccc(F)c([N+](=O)[O-])c1)c1ccc2cc3n(c2c1)C1(CCC1)CNC3=O. The van der Waals surface area contributed by atoms with E-state index in [0.717, 1.165) is 42.3 Å². The van der Waals surface area contributed by atoms with Crippen LogP contribution in [0.25, 0.3) is 10.9 Å². The minimum atomic E-state index is -0.929. The zero-order valence-corrected chi connectivity index (χ0v) is 16.0. The molecule has 152 valence electrons. The molecule has 0 radical (unpaired) electrons. The van der Waals surface area contributed by atoms with Crippen molar-refractivity contribution in [2.45, 2.75) is 31.2 Å². The van der Waals surface area contributed by atoms with Crippen LogP contribution in [0.1, 0.15) is 45.7 Å². The Morgan fingerprint density at radius 1 is 1.20 bits per heavy atom. The van der Waals surface area contributed by atoms with Crippen molar-refractivity contribution in [2.24, 2.45) is 0 Å². The van der Waals surface area contributed by atoms with E-state index in [9.17, 15) is 24.1 Å². The number of Topliss-reactive ketones (excluding diaryl/α,β-unsaturated/α-hetero) is 1. The minimum absolute atomic E-state index is 0.0776. The molecular formula is C22H18FN3O4. The molecule has 7 nitrogen and oxygen atoms in total. The number of nitro groups is 1. The molecule has 1 aliphatic carbocycles. The van der Waals surface area contributed by atoms with Gasteiger partial charge in [-0.15, -0.1) is 0 Å². The number of carbonyl (C=O) groups is 2. The summed E-state index contributed by atoms with van der Waals surface area (Å²) in [5.74, 6) is -1.27. The molecule has 0 saturated heterocycles. The van der Waals surface area contributed by atoms with E-state index in [1.54, 1.807) is 12.1 Å². The molecule has 1 fully saturated rings. The van der Waals surface area contributed by atoms with Gasteiger partial charge in [0.1, 0.15) is 5.69 Å². The molecule has 1 spiro atoms. The summed E-state index contributed by atoms with van der Waals surface area (Å²) < 4.78 is 15.6. The second kappa shape index (κ2) is 6.48. The lowest BCUT2D eigenvalue weighted by Crippen LogP contribution is -2.55. The highest BCUT2D eigenvalue weighted by Gasteiger charge is 2.44. The Labute approximate surface area is 170 Å². The lowest BCUT2D eigenvalue weighted by molar-refractivity contribution is -0.387. The topological polar surface area (TPSA) is 94.2 Å². The van der Waals surface area contributed by atoms with E-state index >= 15 is 0 Å². The number of rotatable bonds is 4. The second-order valence-corrected chi connectivity index (χ2v) is 8.04. The first-order valence-electron chi connectivity index (χ1n) is 9.78. The molecule has 1 N–H and O–H groups in total. The van der Waals surface area contributed by atoms with Gasteiger partial charge in [-0.05, 0) is 43.0 Å². The van der Waals surface area contributed by atoms with Gasteiger partial charge in [0, 0.05) is 35.5 Å². The third-order valence-electron chi connectivity index (χ3n) is 6.27. The fourth-order valence-electron chi connectivity index (χ4n) is 4.55. The molecule has 30 heavy (non-hydrogen) atoms. The van der Waals surface area contributed by atoms with E-state index in [0.29, 0.717) is 23.4 Å². The smallest absolute Gasteiger partial charge is 0.305 e. The average Bonchev–Trinajstić information content (AvgIpc) is 3.08. The first kappa shape index (κ1) is 18.5. The van der Waals surface area contributed by atoms with Gasteiger partial charge in [-0.1, -0.05) is 18.2 Å². The largest absolute Gasteiger partial charge is 0.348 e. The lowest BCUT2D eigenvalue weighted by atomic mass is 9.75. The van der Waals surface area contributed by atoms with E-state index in [1.807, 2.05) is 12.1 Å². The highest BCUT2D eigenvalue weighted by Crippen LogP contribution is 2.44. The summed E-state index contributed by atoms with van der Waals surface area (Å²) >= 11 is 0. The Morgan fingerprint density at radius 2 is 2.00 bits per heavy atom.